The fourth-order valence-corrected chi connectivity index (χ4v) is 5.16. The maximum atomic E-state index is 12.1. The van der Waals surface area contributed by atoms with Crippen LogP contribution in [0.1, 0.15) is 18.4 Å². The number of nitrogens with zero attached hydrogens (tertiary/aromatic N) is 3. The summed E-state index contributed by atoms with van der Waals surface area (Å²) in [5.41, 5.74) is 5.80. The van der Waals surface area contributed by atoms with Crippen LogP contribution in [0.15, 0.2) is 42.7 Å². The zero-order valence-electron chi connectivity index (χ0n) is 20.8. The Morgan fingerprint density at radius 2 is 1.94 bits per heavy atom. The number of carbonyl (C=O) groups is 1. The first-order valence-electron chi connectivity index (χ1n) is 12.1. The first-order valence-corrected chi connectivity index (χ1v) is 15.8. The molecule has 178 valence electrons. The van der Waals surface area contributed by atoms with Crippen LogP contribution in [0.4, 0.5) is 5.82 Å². The molecule has 0 unspecified atom stereocenters. The van der Waals surface area contributed by atoms with Crippen molar-refractivity contribution in [3.8, 4) is 11.3 Å². The molecule has 0 aliphatic heterocycles. The number of nitrogens with one attached hydrogen (secondary N) is 1. The van der Waals surface area contributed by atoms with Crippen LogP contribution >= 0.6 is 0 Å². The summed E-state index contributed by atoms with van der Waals surface area (Å²) in [6.45, 7) is 10.7. The monoisotopic (exact) mass is 474 g/mol. The van der Waals surface area contributed by atoms with E-state index in [2.05, 4.69) is 83.5 Å². The predicted octanol–water partition coefficient (Wildman–Crippen LogP) is 6.16. The van der Waals surface area contributed by atoms with E-state index < -0.39 is 8.07 Å². The minimum absolute atomic E-state index is 0.0817. The van der Waals surface area contributed by atoms with E-state index in [1.165, 1.54) is 28.1 Å². The number of fused-ring (bicyclic) bond motifs is 2. The largest absolute Gasteiger partial charge is 0.361 e. The number of amides is 1. The minimum atomic E-state index is -1.08. The lowest BCUT2D eigenvalue weighted by Crippen LogP contribution is -2.21. The van der Waals surface area contributed by atoms with E-state index in [1.54, 1.807) is 0 Å². The highest BCUT2D eigenvalue weighted by Crippen LogP contribution is 2.34. The Balaban J connectivity index is 1.40. The highest BCUT2D eigenvalue weighted by Gasteiger charge is 2.29. The standard InChI is InChI=1S/C27H34N4O2Si/c1-18-12-23-20(8-9-31(23)17-33-10-11-34(3,4)5)13-22(18)24-14-21-15-26(28-16-25(21)30(24)2)29-27(32)19-6-7-19/h8-9,12-16,19H,6-7,10-11,17H2,1-5H3,(H,28,29,32). The summed E-state index contributed by atoms with van der Waals surface area (Å²) in [6, 6.07) is 12.0. The van der Waals surface area contributed by atoms with Gasteiger partial charge in [-0.25, -0.2) is 4.98 Å². The van der Waals surface area contributed by atoms with Crippen molar-refractivity contribution in [2.24, 2.45) is 13.0 Å². The van der Waals surface area contributed by atoms with Crippen LogP contribution in [0.25, 0.3) is 33.1 Å². The average Bonchev–Trinajstić information content (AvgIpc) is 3.49. The molecule has 1 aliphatic carbocycles. The van der Waals surface area contributed by atoms with Crippen LogP contribution in [0.2, 0.25) is 25.7 Å². The van der Waals surface area contributed by atoms with E-state index in [-0.39, 0.29) is 11.8 Å². The van der Waals surface area contributed by atoms with Gasteiger partial charge in [0.1, 0.15) is 12.5 Å². The van der Waals surface area contributed by atoms with Crippen molar-refractivity contribution in [1.82, 2.24) is 14.1 Å². The molecule has 1 amide bonds. The molecule has 1 aliphatic rings. The van der Waals surface area contributed by atoms with Crippen molar-refractivity contribution in [3.63, 3.8) is 0 Å². The maximum Gasteiger partial charge on any atom is 0.228 e. The van der Waals surface area contributed by atoms with Gasteiger partial charge in [-0.15, -0.1) is 0 Å². The number of anilines is 1. The summed E-state index contributed by atoms with van der Waals surface area (Å²) < 4.78 is 10.4. The van der Waals surface area contributed by atoms with Crippen molar-refractivity contribution in [1.29, 1.82) is 0 Å². The van der Waals surface area contributed by atoms with Crippen LogP contribution in [-0.4, -0.2) is 34.7 Å². The Labute approximate surface area is 201 Å². The Morgan fingerprint density at radius 3 is 2.68 bits per heavy atom. The van der Waals surface area contributed by atoms with Crippen molar-refractivity contribution in [2.45, 2.75) is 52.2 Å². The normalized spacial score (nSPS) is 14.3. The molecular weight excluding hydrogens is 440 g/mol. The molecule has 7 heteroatoms. The van der Waals surface area contributed by atoms with Crippen LogP contribution < -0.4 is 5.32 Å². The van der Waals surface area contributed by atoms with Crippen LogP contribution in [0, 0.1) is 12.8 Å². The summed E-state index contributed by atoms with van der Waals surface area (Å²) in [7, 11) is 0.990. The molecule has 0 radical (unpaired) electrons. The van der Waals surface area contributed by atoms with Crippen molar-refractivity contribution < 1.29 is 9.53 Å². The molecule has 1 N–H and O–H groups in total. The van der Waals surface area contributed by atoms with Gasteiger partial charge in [0.2, 0.25) is 5.91 Å². The zero-order chi connectivity index (χ0) is 24.0. The number of aromatic nitrogens is 3. The second-order valence-electron chi connectivity index (χ2n) is 10.8. The zero-order valence-corrected chi connectivity index (χ0v) is 21.8. The van der Waals surface area contributed by atoms with Gasteiger partial charge in [-0.2, -0.15) is 0 Å². The summed E-state index contributed by atoms with van der Waals surface area (Å²) >= 11 is 0. The average molecular weight is 475 g/mol. The smallest absolute Gasteiger partial charge is 0.228 e. The number of hydrogen-bond acceptors (Lipinski definition) is 3. The molecule has 0 atom stereocenters. The lowest BCUT2D eigenvalue weighted by molar-refractivity contribution is -0.117. The number of rotatable bonds is 8. The number of ether oxygens (including phenoxy) is 1. The van der Waals surface area contributed by atoms with E-state index in [1.807, 2.05) is 12.3 Å². The summed E-state index contributed by atoms with van der Waals surface area (Å²) in [6.07, 6.45) is 5.93. The highest BCUT2D eigenvalue weighted by molar-refractivity contribution is 6.76. The molecule has 4 aromatic rings. The molecule has 6 nitrogen and oxygen atoms in total. The van der Waals surface area contributed by atoms with E-state index in [4.69, 9.17) is 4.74 Å². The second-order valence-corrected chi connectivity index (χ2v) is 16.5. The third-order valence-electron chi connectivity index (χ3n) is 6.75. The SMILES string of the molecule is Cc1cc2c(ccn2COCC[Si](C)(C)C)cc1-c1cc2cc(NC(=O)C3CC3)ncc2n1C. The third-order valence-corrected chi connectivity index (χ3v) is 8.45. The molecule has 1 aromatic carbocycles. The number of benzene rings is 1. The maximum absolute atomic E-state index is 12.1. The third kappa shape index (κ3) is 4.67. The number of aryl methyl sites for hydroxylation is 2. The molecule has 0 bridgehead atoms. The van der Waals surface area contributed by atoms with Gasteiger partial charge < -0.3 is 19.2 Å². The molecule has 3 aromatic heterocycles. The highest BCUT2D eigenvalue weighted by atomic mass is 28.3. The van der Waals surface area contributed by atoms with Gasteiger partial charge in [0.15, 0.2) is 0 Å². The Morgan fingerprint density at radius 1 is 1.15 bits per heavy atom. The summed E-state index contributed by atoms with van der Waals surface area (Å²) in [5, 5.41) is 5.24. The van der Waals surface area contributed by atoms with Gasteiger partial charge in [0, 0.05) is 55.9 Å². The Hall–Kier alpha value is -2.90. The topological polar surface area (TPSA) is 61.1 Å². The van der Waals surface area contributed by atoms with E-state index in [0.717, 1.165) is 36.0 Å². The molecule has 3 heterocycles. The fraction of sp³-hybridized carbons (Fsp3) is 0.407. The van der Waals surface area contributed by atoms with Crippen LogP contribution in [0.3, 0.4) is 0 Å². The van der Waals surface area contributed by atoms with E-state index in [9.17, 15) is 4.79 Å². The van der Waals surface area contributed by atoms with Gasteiger partial charge in [-0.1, -0.05) is 19.6 Å². The molecule has 0 spiro atoms. The van der Waals surface area contributed by atoms with Crippen LogP contribution in [-0.2, 0) is 23.3 Å². The molecule has 1 fully saturated rings. The molecule has 34 heavy (non-hydrogen) atoms. The number of hydrogen-bond donors (Lipinski definition) is 1. The van der Waals surface area contributed by atoms with E-state index in [0.29, 0.717) is 12.5 Å². The van der Waals surface area contributed by atoms with Crippen molar-refractivity contribution in [3.05, 3.63) is 48.3 Å². The van der Waals surface area contributed by atoms with Crippen molar-refractivity contribution >= 4 is 41.6 Å². The van der Waals surface area contributed by atoms with Crippen molar-refractivity contribution in [2.75, 3.05) is 11.9 Å². The lowest BCUT2D eigenvalue weighted by atomic mass is 10.0. The first kappa shape index (κ1) is 22.9. The number of pyridine rings is 1. The van der Waals surface area contributed by atoms with Crippen LogP contribution in [0.5, 0.6) is 0 Å². The first-order chi connectivity index (χ1) is 16.2. The van der Waals surface area contributed by atoms with E-state index >= 15 is 0 Å². The molecule has 0 saturated heterocycles. The molecular formula is C27H34N4O2Si. The summed E-state index contributed by atoms with van der Waals surface area (Å²) in [4.78, 5) is 16.6. The predicted molar refractivity (Wildman–Crippen MR) is 142 cm³/mol. The molecule has 1 saturated carbocycles. The van der Waals surface area contributed by atoms with Gasteiger partial charge in [0.25, 0.3) is 0 Å². The number of carbonyl (C=O) groups excluding carboxylic acids is 1. The second kappa shape index (κ2) is 8.71. The fourth-order valence-electron chi connectivity index (χ4n) is 4.41. The van der Waals surface area contributed by atoms with Gasteiger partial charge in [-0.3, -0.25) is 4.79 Å². The quantitative estimate of drug-likeness (QED) is 0.246. The van der Waals surface area contributed by atoms with Gasteiger partial charge >= 0.3 is 0 Å². The van der Waals surface area contributed by atoms with Gasteiger partial charge in [-0.05, 0) is 61.7 Å². The lowest BCUT2D eigenvalue weighted by Gasteiger charge is -2.16. The summed E-state index contributed by atoms with van der Waals surface area (Å²) in [5.74, 6) is 0.870. The van der Waals surface area contributed by atoms with Gasteiger partial charge in [0.05, 0.1) is 17.2 Å². The Kier molecular flexibility index (Phi) is 5.86. The Bertz CT molecular complexity index is 1380. The molecule has 5 rings (SSSR count). The minimum Gasteiger partial charge on any atom is -0.361 e.